The number of rotatable bonds is 2. The number of hydrogen-bond acceptors (Lipinski definition) is 2. The average Bonchev–Trinajstić information content (AvgIpc) is 2.30. The van der Waals surface area contributed by atoms with E-state index in [1.165, 1.54) is 0 Å². The van der Waals surface area contributed by atoms with Crippen molar-refractivity contribution in [2.24, 2.45) is 0 Å². The molecule has 0 saturated carbocycles. The van der Waals surface area contributed by atoms with E-state index in [4.69, 9.17) is 0 Å². The summed E-state index contributed by atoms with van der Waals surface area (Å²) in [5.41, 5.74) is 1.10. The lowest BCUT2D eigenvalue weighted by molar-refractivity contribution is 0.550. The summed E-state index contributed by atoms with van der Waals surface area (Å²) in [6.07, 6.45) is 4.15. The summed E-state index contributed by atoms with van der Waals surface area (Å²) in [6, 6.07) is 0.513. The molecule has 62 valence electrons. The van der Waals surface area contributed by atoms with Gasteiger partial charge in [-0.3, -0.25) is 0 Å². The fourth-order valence-electron chi connectivity index (χ4n) is 1.01. The minimum atomic E-state index is 0.513. The minimum Gasteiger partial charge on any atom is -0.323 e. The van der Waals surface area contributed by atoms with Crippen LogP contribution in [0.1, 0.15) is 25.6 Å². The number of aryl methyl sites for hydroxylation is 1. The second-order valence-corrected chi connectivity index (χ2v) is 3.64. The van der Waals surface area contributed by atoms with Crippen LogP contribution in [-0.4, -0.2) is 15.8 Å². The van der Waals surface area contributed by atoms with Crippen molar-refractivity contribution in [2.75, 3.05) is 6.26 Å². The van der Waals surface area contributed by atoms with Crippen molar-refractivity contribution in [3.05, 3.63) is 11.9 Å². The van der Waals surface area contributed by atoms with E-state index >= 15 is 0 Å². The molecule has 0 aliphatic carbocycles. The van der Waals surface area contributed by atoms with Crippen LogP contribution in [0.3, 0.4) is 0 Å². The number of imidazole rings is 1. The molecule has 0 radical (unpaired) electrons. The normalized spacial score (nSPS) is 11.0. The lowest BCUT2D eigenvalue weighted by Crippen LogP contribution is -1.99. The van der Waals surface area contributed by atoms with E-state index in [0.717, 1.165) is 10.9 Å². The summed E-state index contributed by atoms with van der Waals surface area (Å²) < 4.78 is 2.19. The Balaban J connectivity index is 3.02. The molecule has 2 nitrogen and oxygen atoms in total. The number of nitrogens with zero attached hydrogens (tertiary/aromatic N) is 2. The van der Waals surface area contributed by atoms with E-state index in [-0.39, 0.29) is 0 Å². The Bertz CT molecular complexity index is 240. The molecular formula is C8H14N2S. The lowest BCUT2D eigenvalue weighted by atomic mass is 10.4. The van der Waals surface area contributed by atoms with E-state index in [1.807, 2.05) is 6.92 Å². The van der Waals surface area contributed by atoms with Gasteiger partial charge in [-0.25, -0.2) is 4.98 Å². The van der Waals surface area contributed by atoms with Gasteiger partial charge >= 0.3 is 0 Å². The van der Waals surface area contributed by atoms with Gasteiger partial charge < -0.3 is 4.57 Å². The van der Waals surface area contributed by atoms with Crippen LogP contribution in [-0.2, 0) is 0 Å². The molecule has 0 fully saturated rings. The van der Waals surface area contributed by atoms with E-state index in [1.54, 1.807) is 11.8 Å². The lowest BCUT2D eigenvalue weighted by Gasteiger charge is -2.08. The molecule has 0 saturated heterocycles. The maximum Gasteiger partial charge on any atom is 0.168 e. The summed E-state index contributed by atoms with van der Waals surface area (Å²) in [5, 5.41) is 1.11. The van der Waals surface area contributed by atoms with Gasteiger partial charge in [-0.2, -0.15) is 0 Å². The molecule has 0 atom stereocenters. The Hall–Kier alpha value is -0.440. The molecule has 3 heteroatoms. The third-order valence-corrected chi connectivity index (χ3v) is 2.22. The van der Waals surface area contributed by atoms with E-state index in [0.29, 0.717) is 6.04 Å². The summed E-state index contributed by atoms with van der Waals surface area (Å²) >= 11 is 1.70. The molecule has 0 amide bonds. The van der Waals surface area contributed by atoms with Crippen LogP contribution in [0.15, 0.2) is 11.4 Å². The molecule has 0 aliphatic rings. The molecule has 11 heavy (non-hydrogen) atoms. The highest BCUT2D eigenvalue weighted by Crippen LogP contribution is 2.18. The van der Waals surface area contributed by atoms with Crippen molar-refractivity contribution in [1.29, 1.82) is 0 Å². The monoisotopic (exact) mass is 170 g/mol. The summed E-state index contributed by atoms with van der Waals surface area (Å²) in [6.45, 7) is 6.36. The smallest absolute Gasteiger partial charge is 0.168 e. The topological polar surface area (TPSA) is 17.8 Å². The van der Waals surface area contributed by atoms with Gasteiger partial charge in [0.2, 0.25) is 0 Å². The van der Waals surface area contributed by atoms with Gasteiger partial charge in [0.25, 0.3) is 0 Å². The maximum atomic E-state index is 4.38. The van der Waals surface area contributed by atoms with Crippen molar-refractivity contribution in [3.63, 3.8) is 0 Å². The Morgan fingerprint density at radius 1 is 1.55 bits per heavy atom. The molecule has 0 aliphatic heterocycles. The van der Waals surface area contributed by atoms with Gasteiger partial charge in [-0.05, 0) is 27.0 Å². The van der Waals surface area contributed by atoms with Crippen LogP contribution in [0.5, 0.6) is 0 Å². The van der Waals surface area contributed by atoms with E-state index in [2.05, 4.69) is 35.9 Å². The third-order valence-electron chi connectivity index (χ3n) is 1.56. The SMILES string of the molecule is CSc1nc(C)cn1C(C)C. The predicted molar refractivity (Wildman–Crippen MR) is 49.1 cm³/mol. The van der Waals surface area contributed by atoms with Crippen LogP contribution in [0.25, 0.3) is 0 Å². The molecule has 0 unspecified atom stereocenters. The van der Waals surface area contributed by atoms with Crippen molar-refractivity contribution in [1.82, 2.24) is 9.55 Å². The summed E-state index contributed by atoms with van der Waals surface area (Å²) in [4.78, 5) is 4.38. The van der Waals surface area contributed by atoms with Crippen LogP contribution in [0.2, 0.25) is 0 Å². The minimum absolute atomic E-state index is 0.513. The zero-order chi connectivity index (χ0) is 8.43. The van der Waals surface area contributed by atoms with E-state index in [9.17, 15) is 0 Å². The molecule has 0 aromatic carbocycles. The molecule has 1 aromatic rings. The van der Waals surface area contributed by atoms with Gasteiger partial charge in [0, 0.05) is 12.2 Å². The Morgan fingerprint density at radius 3 is 2.55 bits per heavy atom. The van der Waals surface area contributed by atoms with Crippen LogP contribution >= 0.6 is 11.8 Å². The molecule has 0 N–H and O–H groups in total. The van der Waals surface area contributed by atoms with Crippen molar-refractivity contribution in [2.45, 2.75) is 32.0 Å². The van der Waals surface area contributed by atoms with E-state index < -0.39 is 0 Å². The van der Waals surface area contributed by atoms with Gasteiger partial charge in [-0.15, -0.1) is 0 Å². The van der Waals surface area contributed by atoms with Crippen molar-refractivity contribution >= 4 is 11.8 Å². The highest BCUT2D eigenvalue weighted by atomic mass is 32.2. The quantitative estimate of drug-likeness (QED) is 0.635. The van der Waals surface area contributed by atoms with Gasteiger partial charge in [0.15, 0.2) is 5.16 Å². The largest absolute Gasteiger partial charge is 0.323 e. The fraction of sp³-hybridized carbons (Fsp3) is 0.625. The molecule has 1 rings (SSSR count). The number of thioether (sulfide) groups is 1. The second-order valence-electron chi connectivity index (χ2n) is 2.87. The molecule has 0 bridgehead atoms. The Kier molecular flexibility index (Phi) is 2.60. The Morgan fingerprint density at radius 2 is 2.18 bits per heavy atom. The maximum absolute atomic E-state index is 4.38. The Labute approximate surface area is 72.0 Å². The number of hydrogen-bond donors (Lipinski definition) is 0. The predicted octanol–water partition coefficient (Wildman–Crippen LogP) is 2.49. The highest BCUT2D eigenvalue weighted by Gasteiger charge is 2.05. The van der Waals surface area contributed by atoms with Crippen molar-refractivity contribution in [3.8, 4) is 0 Å². The second kappa shape index (κ2) is 3.30. The van der Waals surface area contributed by atoms with Gasteiger partial charge in [0.05, 0.1) is 5.69 Å². The van der Waals surface area contributed by atoms with Crippen molar-refractivity contribution < 1.29 is 0 Å². The first-order chi connectivity index (χ1) is 5.15. The zero-order valence-electron chi connectivity index (χ0n) is 7.46. The summed E-state index contributed by atoms with van der Waals surface area (Å²) in [5.74, 6) is 0. The first kappa shape index (κ1) is 8.65. The zero-order valence-corrected chi connectivity index (χ0v) is 8.27. The molecule has 1 aromatic heterocycles. The first-order valence-corrected chi connectivity index (χ1v) is 4.97. The molecular weight excluding hydrogens is 156 g/mol. The first-order valence-electron chi connectivity index (χ1n) is 3.74. The van der Waals surface area contributed by atoms with Crippen LogP contribution < -0.4 is 0 Å². The third kappa shape index (κ3) is 1.77. The average molecular weight is 170 g/mol. The summed E-state index contributed by atoms with van der Waals surface area (Å²) in [7, 11) is 0. The van der Waals surface area contributed by atoms with Crippen LogP contribution in [0.4, 0.5) is 0 Å². The number of aromatic nitrogens is 2. The van der Waals surface area contributed by atoms with Gasteiger partial charge in [-0.1, -0.05) is 11.8 Å². The van der Waals surface area contributed by atoms with Crippen LogP contribution in [0, 0.1) is 6.92 Å². The fourth-order valence-corrected chi connectivity index (χ4v) is 1.72. The highest BCUT2D eigenvalue weighted by molar-refractivity contribution is 7.98. The van der Waals surface area contributed by atoms with Gasteiger partial charge in [0.1, 0.15) is 0 Å². The molecule has 0 spiro atoms. The standard InChI is InChI=1S/C8H14N2S/c1-6(2)10-5-7(3)9-8(10)11-4/h5-6H,1-4H3. The molecule has 1 heterocycles.